The van der Waals surface area contributed by atoms with Gasteiger partial charge in [-0.05, 0) is 26.0 Å². The van der Waals surface area contributed by atoms with Gasteiger partial charge < -0.3 is 10.4 Å². The van der Waals surface area contributed by atoms with Crippen LogP contribution in [-0.2, 0) is 0 Å². The number of hydrogen-bond acceptors (Lipinski definition) is 3. The molecule has 0 saturated heterocycles. The van der Waals surface area contributed by atoms with E-state index in [0.29, 0.717) is 11.4 Å². The van der Waals surface area contributed by atoms with E-state index >= 15 is 0 Å². The molecule has 6 nitrogen and oxygen atoms in total. The molecule has 1 unspecified atom stereocenters. The van der Waals surface area contributed by atoms with Gasteiger partial charge >= 0.3 is 0 Å². The second-order valence-electron chi connectivity index (χ2n) is 4.65. The van der Waals surface area contributed by atoms with E-state index in [2.05, 4.69) is 10.4 Å². The van der Waals surface area contributed by atoms with Crippen LogP contribution in [0.1, 0.15) is 23.0 Å². The van der Waals surface area contributed by atoms with Gasteiger partial charge in [0, 0.05) is 12.2 Å². The van der Waals surface area contributed by atoms with Crippen molar-refractivity contribution < 1.29 is 9.90 Å². The Morgan fingerprint density at radius 3 is 2.65 bits per heavy atom. The van der Waals surface area contributed by atoms with Gasteiger partial charge in [-0.3, -0.25) is 14.7 Å². The van der Waals surface area contributed by atoms with Gasteiger partial charge in [0.15, 0.2) is 0 Å². The number of benzene rings is 1. The van der Waals surface area contributed by atoms with Gasteiger partial charge in [0.25, 0.3) is 11.5 Å². The number of aliphatic hydroxyl groups is 1. The molecule has 3 N–H and O–H groups in total. The summed E-state index contributed by atoms with van der Waals surface area (Å²) >= 11 is 0. The lowest BCUT2D eigenvalue weighted by Gasteiger charge is -2.05. The lowest BCUT2D eigenvalue weighted by atomic mass is 10.2. The normalized spacial score (nSPS) is 12.2. The van der Waals surface area contributed by atoms with Gasteiger partial charge in [0.1, 0.15) is 5.56 Å². The summed E-state index contributed by atoms with van der Waals surface area (Å²) in [6.45, 7) is 3.33. The minimum absolute atomic E-state index is 0.0644. The fourth-order valence-electron chi connectivity index (χ4n) is 1.90. The van der Waals surface area contributed by atoms with Crippen LogP contribution in [0.15, 0.2) is 35.1 Å². The summed E-state index contributed by atoms with van der Waals surface area (Å²) in [6, 6.07) is 9.01. The van der Waals surface area contributed by atoms with Crippen molar-refractivity contribution in [2.24, 2.45) is 0 Å². The van der Waals surface area contributed by atoms with Crippen LogP contribution < -0.4 is 10.9 Å². The number of carbonyl (C=O) groups excluding carboxylic acids is 1. The molecule has 6 heteroatoms. The van der Waals surface area contributed by atoms with Gasteiger partial charge in [-0.1, -0.05) is 18.2 Å². The zero-order valence-electron chi connectivity index (χ0n) is 11.4. The molecule has 1 aromatic carbocycles. The van der Waals surface area contributed by atoms with Crippen molar-refractivity contribution in [2.45, 2.75) is 20.0 Å². The molecule has 0 radical (unpaired) electrons. The Morgan fingerprint density at radius 2 is 2.05 bits per heavy atom. The summed E-state index contributed by atoms with van der Waals surface area (Å²) in [7, 11) is 0. The fourth-order valence-corrected chi connectivity index (χ4v) is 1.90. The molecule has 1 amide bonds. The first-order valence-corrected chi connectivity index (χ1v) is 6.34. The molecule has 106 valence electrons. The first kappa shape index (κ1) is 14.1. The molecule has 2 rings (SSSR count). The van der Waals surface area contributed by atoms with Crippen LogP contribution in [0.25, 0.3) is 5.69 Å². The number of carbonyl (C=O) groups is 1. The minimum Gasteiger partial charge on any atom is -0.392 e. The van der Waals surface area contributed by atoms with Crippen LogP contribution in [0.4, 0.5) is 0 Å². The highest BCUT2D eigenvalue weighted by atomic mass is 16.3. The van der Waals surface area contributed by atoms with Gasteiger partial charge in [-0.15, -0.1) is 0 Å². The fraction of sp³-hybridized carbons (Fsp3) is 0.286. The average Bonchev–Trinajstić information content (AvgIpc) is 2.72. The summed E-state index contributed by atoms with van der Waals surface area (Å²) in [4.78, 5) is 24.3. The van der Waals surface area contributed by atoms with E-state index in [-0.39, 0.29) is 12.1 Å². The standard InChI is InChI=1S/C14H17N3O3/c1-9(18)8-15-13(19)12-10(2)16-17(14(12)20)11-6-4-3-5-7-11/h3-7,9,16,18H,8H2,1-2H3,(H,15,19). The number of aliphatic hydroxyl groups excluding tert-OH is 1. The predicted molar refractivity (Wildman–Crippen MR) is 75.1 cm³/mol. The molecule has 1 heterocycles. The number of aryl methyl sites for hydroxylation is 1. The zero-order valence-corrected chi connectivity index (χ0v) is 11.4. The van der Waals surface area contributed by atoms with Crippen LogP contribution >= 0.6 is 0 Å². The van der Waals surface area contributed by atoms with E-state index in [1.165, 1.54) is 4.68 Å². The minimum atomic E-state index is -0.658. The molecule has 0 bridgehead atoms. The van der Waals surface area contributed by atoms with Crippen LogP contribution in [0.5, 0.6) is 0 Å². The molecule has 1 atom stereocenters. The molecule has 0 aliphatic rings. The second-order valence-corrected chi connectivity index (χ2v) is 4.65. The molecule has 0 spiro atoms. The average molecular weight is 275 g/mol. The third kappa shape index (κ3) is 2.80. The van der Waals surface area contributed by atoms with E-state index in [4.69, 9.17) is 5.11 Å². The van der Waals surface area contributed by atoms with E-state index in [9.17, 15) is 9.59 Å². The number of aromatic nitrogens is 2. The van der Waals surface area contributed by atoms with Crippen LogP contribution in [-0.4, -0.2) is 33.4 Å². The Kier molecular flexibility index (Phi) is 4.05. The van der Waals surface area contributed by atoms with E-state index in [1.807, 2.05) is 18.2 Å². The molecular formula is C14H17N3O3. The molecule has 0 aliphatic heterocycles. The number of rotatable bonds is 4. The van der Waals surface area contributed by atoms with Gasteiger partial charge in [-0.2, -0.15) is 0 Å². The smallest absolute Gasteiger partial charge is 0.284 e. The Hall–Kier alpha value is -2.34. The summed E-state index contributed by atoms with van der Waals surface area (Å²) in [5.74, 6) is -0.487. The van der Waals surface area contributed by atoms with Crippen LogP contribution in [0.3, 0.4) is 0 Å². The van der Waals surface area contributed by atoms with Crippen LogP contribution in [0.2, 0.25) is 0 Å². The third-order valence-corrected chi connectivity index (χ3v) is 2.87. The molecule has 2 aromatic rings. The van der Waals surface area contributed by atoms with Crippen molar-refractivity contribution in [2.75, 3.05) is 6.54 Å². The largest absolute Gasteiger partial charge is 0.392 e. The Labute approximate surface area is 116 Å². The number of para-hydroxylation sites is 1. The Balaban J connectivity index is 2.35. The monoisotopic (exact) mass is 275 g/mol. The van der Waals surface area contributed by atoms with Crippen molar-refractivity contribution in [3.63, 3.8) is 0 Å². The number of amides is 1. The molecule has 0 saturated carbocycles. The summed E-state index contributed by atoms with van der Waals surface area (Å²) in [6.07, 6.45) is -0.658. The number of nitrogens with one attached hydrogen (secondary N) is 2. The van der Waals surface area contributed by atoms with E-state index in [0.717, 1.165) is 0 Å². The van der Waals surface area contributed by atoms with Gasteiger partial charge in [0.05, 0.1) is 11.8 Å². The van der Waals surface area contributed by atoms with Crippen molar-refractivity contribution in [1.29, 1.82) is 0 Å². The first-order chi connectivity index (χ1) is 9.50. The second kappa shape index (κ2) is 5.75. The SMILES string of the molecule is Cc1[nH]n(-c2ccccc2)c(=O)c1C(=O)NCC(C)O. The van der Waals surface area contributed by atoms with E-state index < -0.39 is 17.6 Å². The number of nitrogens with zero attached hydrogens (tertiary/aromatic N) is 1. The highest BCUT2D eigenvalue weighted by molar-refractivity contribution is 5.95. The van der Waals surface area contributed by atoms with E-state index in [1.54, 1.807) is 26.0 Å². The summed E-state index contributed by atoms with van der Waals surface area (Å²) in [5, 5.41) is 14.6. The highest BCUT2D eigenvalue weighted by Gasteiger charge is 2.19. The van der Waals surface area contributed by atoms with Crippen molar-refractivity contribution >= 4 is 5.91 Å². The summed E-state index contributed by atoms with van der Waals surface area (Å²) < 4.78 is 1.33. The van der Waals surface area contributed by atoms with Crippen molar-refractivity contribution in [3.8, 4) is 5.69 Å². The quantitative estimate of drug-likeness (QED) is 0.763. The van der Waals surface area contributed by atoms with Gasteiger partial charge in [0.2, 0.25) is 0 Å². The molecule has 0 aliphatic carbocycles. The molecule has 0 fully saturated rings. The predicted octanol–water partition coefficient (Wildman–Crippen LogP) is 0.585. The van der Waals surface area contributed by atoms with Crippen molar-refractivity contribution in [3.05, 3.63) is 51.9 Å². The zero-order chi connectivity index (χ0) is 14.7. The lowest BCUT2D eigenvalue weighted by Crippen LogP contribution is -2.34. The van der Waals surface area contributed by atoms with Crippen LogP contribution in [0, 0.1) is 6.92 Å². The van der Waals surface area contributed by atoms with Gasteiger partial charge in [-0.25, -0.2) is 4.68 Å². The third-order valence-electron chi connectivity index (χ3n) is 2.87. The Bertz CT molecular complexity index is 656. The summed E-state index contributed by atoms with van der Waals surface area (Å²) in [5.41, 5.74) is 0.809. The molecule has 20 heavy (non-hydrogen) atoms. The highest BCUT2D eigenvalue weighted by Crippen LogP contribution is 2.06. The maximum atomic E-state index is 12.3. The Morgan fingerprint density at radius 1 is 1.40 bits per heavy atom. The number of hydrogen-bond donors (Lipinski definition) is 3. The first-order valence-electron chi connectivity index (χ1n) is 6.34. The number of aromatic amines is 1. The number of H-pyrrole nitrogens is 1. The molecule has 1 aromatic heterocycles. The maximum absolute atomic E-state index is 12.3. The lowest BCUT2D eigenvalue weighted by molar-refractivity contribution is 0.0922. The maximum Gasteiger partial charge on any atom is 0.284 e. The topological polar surface area (TPSA) is 87.1 Å². The van der Waals surface area contributed by atoms with Crippen molar-refractivity contribution in [1.82, 2.24) is 15.1 Å². The molecular weight excluding hydrogens is 258 g/mol.